The van der Waals surface area contributed by atoms with Gasteiger partial charge in [-0.2, -0.15) is 8.42 Å². The van der Waals surface area contributed by atoms with Crippen molar-refractivity contribution in [2.24, 2.45) is 12.8 Å². The van der Waals surface area contributed by atoms with Gasteiger partial charge in [-0.25, -0.2) is 4.98 Å². The molecule has 7 nitrogen and oxygen atoms in total. The van der Waals surface area contributed by atoms with E-state index in [-0.39, 0.29) is 10.9 Å². The van der Waals surface area contributed by atoms with Crippen LogP contribution in [0.25, 0.3) is 0 Å². The van der Waals surface area contributed by atoms with Crippen molar-refractivity contribution < 1.29 is 8.42 Å². The molecule has 1 aromatic heterocycles. The number of nitrogens with two attached hydrogens (primary N) is 1. The second-order valence-corrected chi connectivity index (χ2v) is 5.60. The van der Waals surface area contributed by atoms with E-state index in [0.717, 1.165) is 0 Å². The second-order valence-electron chi connectivity index (χ2n) is 3.97. The number of hydrogen-bond acceptors (Lipinski definition) is 4. The van der Waals surface area contributed by atoms with Gasteiger partial charge in [-0.3, -0.25) is 10.1 Å². The third-order valence-corrected chi connectivity index (χ3v) is 3.67. The number of sulfonamides is 1. The molecule has 0 amide bonds. The van der Waals surface area contributed by atoms with Crippen molar-refractivity contribution in [2.75, 3.05) is 4.72 Å². The van der Waals surface area contributed by atoms with E-state index in [2.05, 4.69) is 9.71 Å². The van der Waals surface area contributed by atoms with Crippen LogP contribution in [0.1, 0.15) is 5.56 Å². The monoisotopic (exact) mass is 279 g/mol. The number of hydrogen-bond donors (Lipinski definition) is 3. The zero-order chi connectivity index (χ0) is 14.0. The summed E-state index contributed by atoms with van der Waals surface area (Å²) in [5.41, 5.74) is 6.23. The summed E-state index contributed by atoms with van der Waals surface area (Å²) in [7, 11) is -2.00. The Balaban J connectivity index is 2.23. The van der Waals surface area contributed by atoms with Crippen molar-refractivity contribution >= 4 is 21.5 Å². The Morgan fingerprint density at radius 1 is 1.37 bits per heavy atom. The average molecular weight is 279 g/mol. The lowest BCUT2D eigenvalue weighted by molar-refractivity contribution is 0.598. The highest BCUT2D eigenvalue weighted by molar-refractivity contribution is 7.92. The fourth-order valence-electron chi connectivity index (χ4n) is 1.45. The van der Waals surface area contributed by atoms with Gasteiger partial charge in [0.15, 0.2) is 5.03 Å². The van der Waals surface area contributed by atoms with Gasteiger partial charge < -0.3 is 10.3 Å². The van der Waals surface area contributed by atoms with Crippen molar-refractivity contribution in [3.05, 3.63) is 42.4 Å². The number of anilines is 1. The van der Waals surface area contributed by atoms with Crippen LogP contribution < -0.4 is 10.5 Å². The first-order valence-corrected chi connectivity index (χ1v) is 6.82. The maximum atomic E-state index is 12.0. The van der Waals surface area contributed by atoms with Gasteiger partial charge in [0.2, 0.25) is 0 Å². The zero-order valence-electron chi connectivity index (χ0n) is 10.2. The highest BCUT2D eigenvalue weighted by Gasteiger charge is 2.16. The first-order chi connectivity index (χ1) is 8.88. The predicted molar refractivity (Wildman–Crippen MR) is 71.5 cm³/mol. The predicted octanol–water partition coefficient (Wildman–Crippen LogP) is 0.505. The minimum atomic E-state index is -3.69. The molecule has 4 N–H and O–H groups in total. The Kier molecular flexibility index (Phi) is 3.26. The molecule has 0 saturated carbocycles. The number of aryl methyl sites for hydroxylation is 1. The third kappa shape index (κ3) is 2.91. The minimum Gasteiger partial charge on any atom is -0.384 e. The summed E-state index contributed by atoms with van der Waals surface area (Å²) in [5, 5.41) is 7.20. The van der Waals surface area contributed by atoms with Crippen LogP contribution in [-0.2, 0) is 17.1 Å². The van der Waals surface area contributed by atoms with Crippen molar-refractivity contribution in [2.45, 2.75) is 5.03 Å². The second kappa shape index (κ2) is 4.73. The summed E-state index contributed by atoms with van der Waals surface area (Å²) in [6, 6.07) is 6.21. The molecule has 0 radical (unpaired) electrons. The Hall–Kier alpha value is -2.35. The Bertz CT molecular complexity index is 703. The lowest BCUT2D eigenvalue weighted by atomic mass is 10.2. The minimum absolute atomic E-state index is 0.0503. The van der Waals surface area contributed by atoms with Gasteiger partial charge in [0.1, 0.15) is 5.84 Å². The van der Waals surface area contributed by atoms with Gasteiger partial charge in [0, 0.05) is 24.5 Å². The fourth-order valence-corrected chi connectivity index (χ4v) is 2.49. The quantitative estimate of drug-likeness (QED) is 0.558. The van der Waals surface area contributed by atoms with Crippen LogP contribution in [0.3, 0.4) is 0 Å². The van der Waals surface area contributed by atoms with Crippen molar-refractivity contribution in [3.63, 3.8) is 0 Å². The Labute approximate surface area is 110 Å². The summed E-state index contributed by atoms with van der Waals surface area (Å²) < 4.78 is 27.9. The number of nitrogen functional groups attached to an aromatic ring is 1. The Morgan fingerprint density at radius 2 is 2.00 bits per heavy atom. The fraction of sp³-hybridized carbons (Fsp3) is 0.0909. The molecule has 0 unspecified atom stereocenters. The first-order valence-electron chi connectivity index (χ1n) is 5.34. The van der Waals surface area contributed by atoms with Crippen LogP contribution in [-0.4, -0.2) is 23.8 Å². The van der Waals surface area contributed by atoms with Gasteiger partial charge in [-0.15, -0.1) is 0 Å². The highest BCUT2D eigenvalue weighted by atomic mass is 32.2. The molecular weight excluding hydrogens is 266 g/mol. The maximum Gasteiger partial charge on any atom is 0.280 e. The van der Waals surface area contributed by atoms with Crippen LogP contribution in [0.15, 0.2) is 41.8 Å². The van der Waals surface area contributed by atoms with E-state index in [9.17, 15) is 8.42 Å². The molecule has 1 aromatic carbocycles. The number of amidine groups is 1. The molecule has 0 fully saturated rings. The normalized spacial score (nSPS) is 11.2. The number of benzene rings is 1. The largest absolute Gasteiger partial charge is 0.384 e. The summed E-state index contributed by atoms with van der Waals surface area (Å²) in [5.74, 6) is -0.0702. The lowest BCUT2D eigenvalue weighted by Gasteiger charge is -2.06. The smallest absolute Gasteiger partial charge is 0.280 e. The summed E-state index contributed by atoms with van der Waals surface area (Å²) in [6.07, 6.45) is 2.82. The SMILES string of the molecule is Cn1cnc(S(=O)(=O)Nc2ccc(C(=N)N)cc2)c1. The maximum absolute atomic E-state index is 12.0. The first kappa shape index (κ1) is 13.1. The van der Waals surface area contributed by atoms with E-state index in [1.807, 2.05) is 0 Å². The van der Waals surface area contributed by atoms with Crippen LogP contribution in [0.2, 0.25) is 0 Å². The van der Waals surface area contributed by atoms with Gasteiger partial charge in [-0.1, -0.05) is 0 Å². The molecule has 19 heavy (non-hydrogen) atoms. The molecule has 0 spiro atoms. The number of imidazole rings is 1. The van der Waals surface area contributed by atoms with Crippen LogP contribution in [0.4, 0.5) is 5.69 Å². The van der Waals surface area contributed by atoms with Crippen molar-refractivity contribution in [1.82, 2.24) is 9.55 Å². The number of nitrogens with zero attached hydrogens (tertiary/aromatic N) is 2. The molecule has 1 heterocycles. The summed E-state index contributed by atoms with van der Waals surface area (Å²) in [6.45, 7) is 0. The van der Waals surface area contributed by atoms with Gasteiger partial charge in [0.05, 0.1) is 6.33 Å². The molecule has 2 rings (SSSR count). The van der Waals surface area contributed by atoms with Crippen LogP contribution >= 0.6 is 0 Å². The molecule has 0 aliphatic heterocycles. The molecule has 0 saturated heterocycles. The van der Waals surface area contributed by atoms with E-state index >= 15 is 0 Å². The van der Waals surface area contributed by atoms with E-state index in [1.165, 1.54) is 24.7 Å². The molecule has 2 aromatic rings. The zero-order valence-corrected chi connectivity index (χ0v) is 11.0. The van der Waals surface area contributed by atoms with Crippen LogP contribution in [0.5, 0.6) is 0 Å². The van der Waals surface area contributed by atoms with Gasteiger partial charge >= 0.3 is 0 Å². The van der Waals surface area contributed by atoms with Crippen LogP contribution in [0, 0.1) is 5.41 Å². The van der Waals surface area contributed by atoms with Gasteiger partial charge in [0.25, 0.3) is 10.0 Å². The average Bonchev–Trinajstić information content (AvgIpc) is 2.77. The van der Waals surface area contributed by atoms with E-state index in [4.69, 9.17) is 11.1 Å². The summed E-state index contributed by atoms with van der Waals surface area (Å²) >= 11 is 0. The summed E-state index contributed by atoms with van der Waals surface area (Å²) in [4.78, 5) is 3.79. The topological polar surface area (TPSA) is 114 Å². The lowest BCUT2D eigenvalue weighted by Crippen LogP contribution is -2.14. The molecule has 0 aliphatic carbocycles. The molecule has 0 aliphatic rings. The third-order valence-electron chi connectivity index (χ3n) is 2.40. The Morgan fingerprint density at radius 3 is 2.47 bits per heavy atom. The molecule has 0 atom stereocenters. The molecular formula is C11H13N5O2S. The van der Waals surface area contributed by atoms with E-state index in [1.54, 1.807) is 23.7 Å². The number of rotatable bonds is 4. The molecule has 8 heteroatoms. The molecule has 0 bridgehead atoms. The van der Waals surface area contributed by atoms with Crippen molar-refractivity contribution in [3.8, 4) is 0 Å². The number of nitrogens with one attached hydrogen (secondary N) is 2. The van der Waals surface area contributed by atoms with E-state index in [0.29, 0.717) is 11.3 Å². The van der Waals surface area contributed by atoms with Gasteiger partial charge in [-0.05, 0) is 24.3 Å². The van der Waals surface area contributed by atoms with E-state index < -0.39 is 10.0 Å². The highest BCUT2D eigenvalue weighted by Crippen LogP contribution is 2.14. The van der Waals surface area contributed by atoms with Crippen molar-refractivity contribution in [1.29, 1.82) is 5.41 Å². The molecule has 100 valence electrons. The standard InChI is InChI=1S/C11H13N5O2S/c1-16-6-10(14-7-16)19(17,18)15-9-4-2-8(3-5-9)11(12)13/h2-7,15H,1H3,(H3,12,13). The number of aromatic nitrogens is 2.